The van der Waals surface area contributed by atoms with Crippen LogP contribution in [-0.2, 0) is 23.9 Å². The first-order valence-corrected chi connectivity index (χ1v) is 9.58. The van der Waals surface area contributed by atoms with Crippen LogP contribution in [0.25, 0.3) is 0 Å². The number of hydrogen-bond acceptors (Lipinski definition) is 6. The summed E-state index contributed by atoms with van der Waals surface area (Å²) in [6, 6.07) is -1.59. The van der Waals surface area contributed by atoms with Crippen molar-refractivity contribution in [2.24, 2.45) is 17.8 Å². The number of amides is 5. The van der Waals surface area contributed by atoms with Crippen LogP contribution in [0.15, 0.2) is 12.2 Å². The zero-order valence-electron chi connectivity index (χ0n) is 16.1. The van der Waals surface area contributed by atoms with Crippen LogP contribution in [0.3, 0.4) is 0 Å². The number of carbonyl (C=O) groups excluding carboxylic acids is 5. The van der Waals surface area contributed by atoms with Gasteiger partial charge in [-0.2, -0.15) is 0 Å². The summed E-state index contributed by atoms with van der Waals surface area (Å²) in [6.45, 7) is 3.71. The second-order valence-corrected chi connectivity index (χ2v) is 7.73. The van der Waals surface area contributed by atoms with Crippen LogP contribution in [0.5, 0.6) is 0 Å². The Labute approximate surface area is 163 Å². The Balaban J connectivity index is 1.70. The molecule has 152 valence electrons. The van der Waals surface area contributed by atoms with Crippen LogP contribution in [0.2, 0.25) is 0 Å². The third-order valence-electron chi connectivity index (χ3n) is 5.32. The average Bonchev–Trinajstić information content (AvgIpc) is 3.20. The molecule has 0 radical (unpaired) electrons. The molecule has 0 aromatic heterocycles. The van der Waals surface area contributed by atoms with Crippen molar-refractivity contribution in [1.29, 1.82) is 0 Å². The van der Waals surface area contributed by atoms with Gasteiger partial charge in [-0.1, -0.05) is 26.0 Å². The SMILES string of the molecule is CC(C)CC(C(=O)OCC(=O)N1CCNC1=O)N1C(=O)C2CC=CCC2C1=O. The van der Waals surface area contributed by atoms with E-state index in [1.807, 2.05) is 26.0 Å². The van der Waals surface area contributed by atoms with Gasteiger partial charge in [-0.15, -0.1) is 0 Å². The lowest BCUT2D eigenvalue weighted by Gasteiger charge is -2.26. The van der Waals surface area contributed by atoms with Crippen molar-refractivity contribution in [3.63, 3.8) is 0 Å². The molecule has 0 spiro atoms. The Morgan fingerprint density at radius 1 is 1.14 bits per heavy atom. The number of hydrogen-bond donors (Lipinski definition) is 1. The third kappa shape index (κ3) is 3.79. The molecule has 0 bridgehead atoms. The van der Waals surface area contributed by atoms with Crippen LogP contribution in [0.4, 0.5) is 4.79 Å². The lowest BCUT2D eigenvalue weighted by atomic mass is 9.85. The van der Waals surface area contributed by atoms with E-state index in [-0.39, 0.29) is 30.7 Å². The molecular weight excluding hydrogens is 366 g/mol. The van der Waals surface area contributed by atoms with E-state index in [4.69, 9.17) is 4.74 Å². The maximum Gasteiger partial charge on any atom is 0.329 e. The van der Waals surface area contributed by atoms with Crippen LogP contribution in [0.1, 0.15) is 33.1 Å². The van der Waals surface area contributed by atoms with Gasteiger partial charge < -0.3 is 10.1 Å². The van der Waals surface area contributed by atoms with Crippen molar-refractivity contribution in [1.82, 2.24) is 15.1 Å². The number of fused-ring (bicyclic) bond motifs is 1. The molecule has 3 rings (SSSR count). The number of nitrogens with one attached hydrogen (secondary N) is 1. The van der Waals surface area contributed by atoms with E-state index in [9.17, 15) is 24.0 Å². The zero-order valence-corrected chi connectivity index (χ0v) is 16.1. The fraction of sp³-hybridized carbons (Fsp3) is 0.632. The highest BCUT2D eigenvalue weighted by molar-refractivity contribution is 6.08. The van der Waals surface area contributed by atoms with Crippen molar-refractivity contribution in [3.8, 4) is 0 Å². The number of esters is 1. The van der Waals surface area contributed by atoms with Crippen LogP contribution in [0, 0.1) is 17.8 Å². The summed E-state index contributed by atoms with van der Waals surface area (Å²) in [4.78, 5) is 63.9. The summed E-state index contributed by atoms with van der Waals surface area (Å²) >= 11 is 0. The first-order chi connectivity index (χ1) is 13.3. The number of imide groups is 2. The van der Waals surface area contributed by atoms with Crippen molar-refractivity contribution in [3.05, 3.63) is 12.2 Å². The van der Waals surface area contributed by atoms with Gasteiger partial charge in [-0.05, 0) is 25.2 Å². The highest BCUT2D eigenvalue weighted by Gasteiger charge is 2.51. The summed E-state index contributed by atoms with van der Waals surface area (Å²) in [7, 11) is 0. The Bertz CT molecular complexity index is 705. The van der Waals surface area contributed by atoms with Crippen LogP contribution in [-0.4, -0.2) is 65.3 Å². The van der Waals surface area contributed by atoms with E-state index in [1.165, 1.54) is 0 Å². The quantitative estimate of drug-likeness (QED) is 0.400. The summed E-state index contributed by atoms with van der Waals surface area (Å²) in [5, 5.41) is 2.49. The Kier molecular flexibility index (Phi) is 5.81. The van der Waals surface area contributed by atoms with E-state index in [2.05, 4.69) is 5.32 Å². The Morgan fingerprint density at radius 2 is 1.75 bits per heavy atom. The number of carbonyl (C=O) groups is 5. The fourth-order valence-electron chi connectivity index (χ4n) is 3.90. The maximum atomic E-state index is 12.8. The molecule has 9 nitrogen and oxygen atoms in total. The molecule has 0 saturated carbocycles. The minimum absolute atomic E-state index is 0.0268. The van der Waals surface area contributed by atoms with Gasteiger partial charge >= 0.3 is 12.0 Å². The molecule has 28 heavy (non-hydrogen) atoms. The van der Waals surface area contributed by atoms with Gasteiger partial charge in [0.25, 0.3) is 5.91 Å². The summed E-state index contributed by atoms with van der Waals surface area (Å²) < 4.78 is 5.12. The third-order valence-corrected chi connectivity index (χ3v) is 5.32. The van der Waals surface area contributed by atoms with Gasteiger partial charge in [0.1, 0.15) is 6.04 Å². The normalized spacial score (nSPS) is 25.2. The number of nitrogens with zero attached hydrogens (tertiary/aromatic N) is 2. The number of likely N-dealkylation sites (tertiary alicyclic amines) is 1. The molecule has 2 saturated heterocycles. The molecule has 0 aromatic rings. The van der Waals surface area contributed by atoms with Crippen molar-refractivity contribution in [2.45, 2.75) is 39.2 Å². The molecule has 3 atom stereocenters. The summed E-state index contributed by atoms with van der Waals surface area (Å²) in [5.41, 5.74) is 0. The Hall–Kier alpha value is -2.71. The first kappa shape index (κ1) is 20.0. The molecular formula is C19H25N3O6. The monoisotopic (exact) mass is 391 g/mol. The van der Waals surface area contributed by atoms with Gasteiger partial charge in [-0.25, -0.2) is 9.59 Å². The number of ether oxygens (including phenoxy) is 1. The lowest BCUT2D eigenvalue weighted by molar-refractivity contribution is -0.162. The highest BCUT2D eigenvalue weighted by atomic mass is 16.5. The number of urea groups is 1. The first-order valence-electron chi connectivity index (χ1n) is 9.58. The molecule has 2 fully saturated rings. The van der Waals surface area contributed by atoms with E-state index >= 15 is 0 Å². The van der Waals surface area contributed by atoms with Crippen LogP contribution >= 0.6 is 0 Å². The second kappa shape index (κ2) is 8.12. The molecule has 5 amide bonds. The lowest BCUT2D eigenvalue weighted by Crippen LogP contribution is -2.48. The summed E-state index contributed by atoms with van der Waals surface area (Å²) in [5.74, 6) is -2.98. The van der Waals surface area contributed by atoms with E-state index in [0.717, 1.165) is 9.80 Å². The predicted molar refractivity (Wildman–Crippen MR) is 96.5 cm³/mol. The number of rotatable bonds is 6. The van der Waals surface area contributed by atoms with Crippen molar-refractivity contribution in [2.75, 3.05) is 19.7 Å². The van der Waals surface area contributed by atoms with Crippen molar-refractivity contribution >= 4 is 29.7 Å². The molecule has 9 heteroatoms. The predicted octanol–water partition coefficient (Wildman–Crippen LogP) is 0.447. The van der Waals surface area contributed by atoms with Gasteiger partial charge in [0.15, 0.2) is 6.61 Å². The van der Waals surface area contributed by atoms with Gasteiger partial charge in [0.05, 0.1) is 11.8 Å². The number of allylic oxidation sites excluding steroid dienone is 2. The molecule has 1 N–H and O–H groups in total. The molecule has 3 aliphatic rings. The van der Waals surface area contributed by atoms with Crippen molar-refractivity contribution < 1.29 is 28.7 Å². The second-order valence-electron chi connectivity index (χ2n) is 7.73. The molecule has 3 unspecified atom stereocenters. The van der Waals surface area contributed by atoms with E-state index < -0.39 is 42.4 Å². The molecule has 2 heterocycles. The largest absolute Gasteiger partial charge is 0.454 e. The minimum atomic E-state index is -1.06. The highest BCUT2D eigenvalue weighted by Crippen LogP contribution is 2.37. The average molecular weight is 391 g/mol. The topological polar surface area (TPSA) is 113 Å². The molecule has 1 aliphatic carbocycles. The summed E-state index contributed by atoms with van der Waals surface area (Å²) in [6.07, 6.45) is 4.98. The smallest absolute Gasteiger partial charge is 0.329 e. The standard InChI is InChI=1S/C19H25N3O6/c1-11(2)9-14(18(26)28-10-15(23)21-8-7-20-19(21)27)22-16(24)12-5-3-4-6-13(12)17(22)25/h3-4,11-14H,5-10H2,1-2H3,(H,20,27). The Morgan fingerprint density at radius 3 is 2.25 bits per heavy atom. The minimum Gasteiger partial charge on any atom is -0.454 e. The zero-order chi connectivity index (χ0) is 20.4. The fourth-order valence-corrected chi connectivity index (χ4v) is 3.90. The molecule has 2 aliphatic heterocycles. The maximum absolute atomic E-state index is 12.8. The van der Waals surface area contributed by atoms with Gasteiger partial charge in [-0.3, -0.25) is 24.2 Å². The molecule has 0 aromatic carbocycles. The van der Waals surface area contributed by atoms with E-state index in [1.54, 1.807) is 0 Å². The van der Waals surface area contributed by atoms with Gasteiger partial charge in [0.2, 0.25) is 11.8 Å². The van der Waals surface area contributed by atoms with E-state index in [0.29, 0.717) is 19.4 Å². The van der Waals surface area contributed by atoms with Gasteiger partial charge in [0, 0.05) is 13.1 Å². The van der Waals surface area contributed by atoms with Crippen LogP contribution < -0.4 is 5.32 Å².